The van der Waals surface area contributed by atoms with E-state index < -0.39 is 0 Å². The molecular formula is C21H22FN3O. The minimum atomic E-state index is -0.298. The Morgan fingerprint density at radius 2 is 1.73 bits per heavy atom. The summed E-state index contributed by atoms with van der Waals surface area (Å²) in [6.45, 7) is 6.31. The van der Waals surface area contributed by atoms with E-state index in [9.17, 15) is 9.18 Å². The van der Waals surface area contributed by atoms with Crippen molar-refractivity contribution < 1.29 is 9.18 Å². The summed E-state index contributed by atoms with van der Waals surface area (Å²) < 4.78 is 14.7. The first-order valence-corrected chi connectivity index (χ1v) is 8.46. The summed E-state index contributed by atoms with van der Waals surface area (Å²) in [7, 11) is 1.76. The van der Waals surface area contributed by atoms with Crippen molar-refractivity contribution >= 4 is 11.6 Å². The monoisotopic (exact) mass is 351 g/mol. The molecule has 0 bridgehead atoms. The van der Waals surface area contributed by atoms with Gasteiger partial charge in [-0.1, -0.05) is 39.0 Å². The molecule has 2 aromatic carbocycles. The molecular weight excluding hydrogens is 329 g/mol. The Bertz CT molecular complexity index is 937. The molecule has 0 aliphatic heterocycles. The van der Waals surface area contributed by atoms with Gasteiger partial charge in [-0.2, -0.15) is 5.10 Å². The maximum Gasteiger partial charge on any atom is 0.276 e. The maximum absolute atomic E-state index is 13.1. The molecule has 0 aliphatic rings. The van der Waals surface area contributed by atoms with Crippen LogP contribution < -0.4 is 5.32 Å². The Hall–Kier alpha value is -2.95. The van der Waals surface area contributed by atoms with Crippen molar-refractivity contribution in [3.05, 3.63) is 71.7 Å². The molecule has 3 rings (SSSR count). The lowest BCUT2D eigenvalue weighted by Gasteiger charge is -2.22. The number of aryl methyl sites for hydroxylation is 1. The van der Waals surface area contributed by atoms with Crippen LogP contribution in [0, 0.1) is 5.82 Å². The molecule has 1 amide bonds. The quantitative estimate of drug-likeness (QED) is 0.738. The van der Waals surface area contributed by atoms with E-state index in [1.807, 2.05) is 24.3 Å². The molecule has 134 valence electrons. The number of benzene rings is 2. The standard InChI is InChI=1S/C21H22FN3O/c1-21(2,3)16-7-5-6-8-17(16)23-20(26)18-13-19(25(4)24-18)14-9-11-15(22)12-10-14/h5-13H,1-4H3,(H,23,26). The fourth-order valence-corrected chi connectivity index (χ4v) is 2.90. The van der Waals surface area contributed by atoms with Crippen LogP contribution in [-0.2, 0) is 12.5 Å². The van der Waals surface area contributed by atoms with Gasteiger partial charge in [0.25, 0.3) is 5.91 Å². The molecule has 4 nitrogen and oxygen atoms in total. The van der Waals surface area contributed by atoms with Gasteiger partial charge < -0.3 is 5.32 Å². The highest BCUT2D eigenvalue weighted by Gasteiger charge is 2.20. The van der Waals surface area contributed by atoms with Gasteiger partial charge in [0.15, 0.2) is 5.69 Å². The third kappa shape index (κ3) is 3.67. The zero-order valence-electron chi connectivity index (χ0n) is 15.4. The number of nitrogens with zero attached hydrogens (tertiary/aromatic N) is 2. The Balaban J connectivity index is 1.88. The molecule has 0 aliphatic carbocycles. The van der Waals surface area contributed by atoms with Gasteiger partial charge in [0.05, 0.1) is 5.69 Å². The molecule has 0 radical (unpaired) electrons. The predicted octanol–water partition coefficient (Wildman–Crippen LogP) is 4.78. The number of hydrogen-bond donors (Lipinski definition) is 1. The van der Waals surface area contributed by atoms with Crippen molar-refractivity contribution in [2.24, 2.45) is 7.05 Å². The van der Waals surface area contributed by atoms with Crippen LogP contribution in [-0.4, -0.2) is 15.7 Å². The second-order valence-electron chi connectivity index (χ2n) is 7.30. The van der Waals surface area contributed by atoms with E-state index >= 15 is 0 Å². The second-order valence-corrected chi connectivity index (χ2v) is 7.30. The summed E-state index contributed by atoms with van der Waals surface area (Å²) in [6, 6.07) is 15.6. The number of para-hydroxylation sites is 1. The molecule has 0 atom stereocenters. The van der Waals surface area contributed by atoms with Crippen molar-refractivity contribution in [1.82, 2.24) is 9.78 Å². The van der Waals surface area contributed by atoms with Crippen molar-refractivity contribution in [1.29, 1.82) is 0 Å². The molecule has 1 N–H and O–H groups in total. The van der Waals surface area contributed by atoms with Crippen LogP contribution in [0.25, 0.3) is 11.3 Å². The minimum absolute atomic E-state index is 0.0900. The highest BCUT2D eigenvalue weighted by Crippen LogP contribution is 2.29. The smallest absolute Gasteiger partial charge is 0.276 e. The first-order chi connectivity index (χ1) is 12.3. The molecule has 0 spiro atoms. The molecule has 26 heavy (non-hydrogen) atoms. The van der Waals surface area contributed by atoms with Gasteiger partial charge >= 0.3 is 0 Å². The number of aromatic nitrogens is 2. The number of carbonyl (C=O) groups excluding carboxylic acids is 1. The summed E-state index contributed by atoms with van der Waals surface area (Å²) in [5.74, 6) is -0.571. The van der Waals surface area contributed by atoms with Gasteiger partial charge in [0.1, 0.15) is 5.82 Å². The molecule has 0 unspecified atom stereocenters. The predicted molar refractivity (Wildman–Crippen MR) is 102 cm³/mol. The van der Waals surface area contributed by atoms with E-state index in [0.717, 1.165) is 22.5 Å². The molecule has 0 fully saturated rings. The summed E-state index contributed by atoms with van der Waals surface area (Å²) in [4.78, 5) is 12.7. The Morgan fingerprint density at radius 1 is 1.08 bits per heavy atom. The molecule has 1 heterocycles. The Labute approximate surface area is 152 Å². The topological polar surface area (TPSA) is 46.9 Å². The van der Waals surface area contributed by atoms with Crippen LogP contribution in [0.4, 0.5) is 10.1 Å². The van der Waals surface area contributed by atoms with Crippen molar-refractivity contribution in [2.45, 2.75) is 26.2 Å². The lowest BCUT2D eigenvalue weighted by Crippen LogP contribution is -2.19. The zero-order valence-corrected chi connectivity index (χ0v) is 15.4. The number of amides is 1. The average Bonchev–Trinajstić information content (AvgIpc) is 2.97. The first kappa shape index (κ1) is 17.9. The number of anilines is 1. The number of rotatable bonds is 3. The van der Waals surface area contributed by atoms with Crippen LogP contribution in [0.5, 0.6) is 0 Å². The lowest BCUT2D eigenvalue weighted by molar-refractivity contribution is 0.102. The molecule has 0 saturated carbocycles. The summed E-state index contributed by atoms with van der Waals surface area (Å²) >= 11 is 0. The highest BCUT2D eigenvalue weighted by atomic mass is 19.1. The van der Waals surface area contributed by atoms with Crippen LogP contribution in [0.1, 0.15) is 36.8 Å². The normalized spacial score (nSPS) is 11.4. The minimum Gasteiger partial charge on any atom is -0.320 e. The summed E-state index contributed by atoms with van der Waals surface area (Å²) in [5.41, 5.74) is 3.61. The van der Waals surface area contributed by atoms with Gasteiger partial charge in [-0.25, -0.2) is 4.39 Å². The Kier molecular flexibility index (Phi) is 4.64. The van der Waals surface area contributed by atoms with Crippen LogP contribution in [0.15, 0.2) is 54.6 Å². The van der Waals surface area contributed by atoms with Crippen LogP contribution >= 0.6 is 0 Å². The van der Waals surface area contributed by atoms with Gasteiger partial charge in [0, 0.05) is 12.7 Å². The van der Waals surface area contributed by atoms with E-state index in [1.54, 1.807) is 29.9 Å². The second kappa shape index (κ2) is 6.75. The number of nitrogens with one attached hydrogen (secondary N) is 1. The fourth-order valence-electron chi connectivity index (χ4n) is 2.90. The lowest BCUT2D eigenvalue weighted by atomic mass is 9.86. The average molecular weight is 351 g/mol. The van der Waals surface area contributed by atoms with E-state index in [0.29, 0.717) is 5.69 Å². The third-order valence-corrected chi connectivity index (χ3v) is 4.24. The van der Waals surface area contributed by atoms with Crippen molar-refractivity contribution in [2.75, 3.05) is 5.32 Å². The number of hydrogen-bond acceptors (Lipinski definition) is 2. The largest absolute Gasteiger partial charge is 0.320 e. The van der Waals surface area contributed by atoms with E-state index in [2.05, 4.69) is 31.2 Å². The zero-order chi connectivity index (χ0) is 18.9. The third-order valence-electron chi connectivity index (χ3n) is 4.24. The van der Waals surface area contributed by atoms with Gasteiger partial charge in [0.2, 0.25) is 0 Å². The molecule has 3 aromatic rings. The summed E-state index contributed by atoms with van der Waals surface area (Å²) in [6.07, 6.45) is 0. The maximum atomic E-state index is 13.1. The van der Waals surface area contributed by atoms with Crippen molar-refractivity contribution in [3.8, 4) is 11.3 Å². The van der Waals surface area contributed by atoms with Crippen molar-refractivity contribution in [3.63, 3.8) is 0 Å². The summed E-state index contributed by atoms with van der Waals surface area (Å²) in [5, 5.41) is 7.27. The van der Waals surface area contributed by atoms with Gasteiger partial charge in [-0.3, -0.25) is 9.48 Å². The first-order valence-electron chi connectivity index (χ1n) is 8.46. The molecule has 0 saturated heterocycles. The van der Waals surface area contributed by atoms with E-state index in [-0.39, 0.29) is 17.1 Å². The van der Waals surface area contributed by atoms with Crippen LogP contribution in [0.3, 0.4) is 0 Å². The van der Waals surface area contributed by atoms with E-state index in [4.69, 9.17) is 0 Å². The number of halogens is 1. The van der Waals surface area contributed by atoms with Crippen LogP contribution in [0.2, 0.25) is 0 Å². The highest BCUT2D eigenvalue weighted by molar-refractivity contribution is 6.04. The molecule has 5 heteroatoms. The fraction of sp³-hybridized carbons (Fsp3) is 0.238. The van der Waals surface area contributed by atoms with Gasteiger partial charge in [-0.15, -0.1) is 0 Å². The molecule has 1 aromatic heterocycles. The van der Waals surface area contributed by atoms with E-state index in [1.165, 1.54) is 12.1 Å². The number of carbonyl (C=O) groups is 1. The SMILES string of the molecule is Cn1nc(C(=O)Nc2ccccc2C(C)(C)C)cc1-c1ccc(F)cc1. The van der Waals surface area contributed by atoms with Gasteiger partial charge in [-0.05, 0) is 52.9 Å². The Morgan fingerprint density at radius 3 is 2.38 bits per heavy atom.